The number of rotatable bonds is 6. The van der Waals surface area contributed by atoms with Crippen molar-refractivity contribution in [2.24, 2.45) is 5.73 Å². The van der Waals surface area contributed by atoms with E-state index in [1.54, 1.807) is 0 Å². The van der Waals surface area contributed by atoms with E-state index in [9.17, 15) is 4.79 Å². The van der Waals surface area contributed by atoms with Crippen LogP contribution in [-0.4, -0.2) is 18.1 Å². The molecule has 0 radical (unpaired) electrons. The van der Waals surface area contributed by atoms with Crippen LogP contribution in [-0.2, 0) is 4.79 Å². The third kappa shape index (κ3) is 5.75. The minimum absolute atomic E-state index is 0.0994. The van der Waals surface area contributed by atoms with Gasteiger partial charge in [-0.25, -0.2) is 0 Å². The minimum atomic E-state index is -0.515. The molecule has 0 heterocycles. The molecule has 1 rings (SSSR count). The fraction of sp³-hybridized carbons (Fsp3) is 0.533. The van der Waals surface area contributed by atoms with Gasteiger partial charge in [-0.15, -0.1) is 0 Å². The van der Waals surface area contributed by atoms with Gasteiger partial charge in [0.1, 0.15) is 5.75 Å². The molecule has 0 aliphatic carbocycles. The monoisotopic (exact) mass is 264 g/mol. The Morgan fingerprint density at radius 1 is 1.42 bits per heavy atom. The summed E-state index contributed by atoms with van der Waals surface area (Å²) in [6.45, 7) is 8.33. The van der Waals surface area contributed by atoms with Gasteiger partial charge in [-0.3, -0.25) is 4.79 Å². The third-order valence-electron chi connectivity index (χ3n) is 2.49. The molecule has 0 aliphatic rings. The summed E-state index contributed by atoms with van der Waals surface area (Å²) in [6.07, 6.45) is 1.20. The molecular formula is C15H24N2O2. The fourth-order valence-electron chi connectivity index (χ4n) is 1.67. The molecule has 0 spiro atoms. The molecule has 1 aromatic rings. The Bertz CT molecular complexity index is 436. The van der Waals surface area contributed by atoms with Gasteiger partial charge in [0, 0.05) is 12.0 Å². The number of nitrogens with one attached hydrogen (secondary N) is 1. The van der Waals surface area contributed by atoms with Crippen LogP contribution in [0.1, 0.15) is 39.2 Å². The second kappa shape index (κ2) is 6.57. The summed E-state index contributed by atoms with van der Waals surface area (Å²) in [5.74, 6) is 0.614. The first kappa shape index (κ1) is 15.5. The summed E-state index contributed by atoms with van der Waals surface area (Å²) in [5, 5.41) is 2.86. The Morgan fingerprint density at radius 3 is 2.68 bits per heavy atom. The predicted molar refractivity (Wildman–Crippen MR) is 78.5 cm³/mol. The van der Waals surface area contributed by atoms with E-state index >= 15 is 0 Å². The Labute approximate surface area is 115 Å². The lowest BCUT2D eigenvalue weighted by Crippen LogP contribution is -2.36. The number of carbonyl (C=O) groups is 1. The molecule has 0 aliphatic heterocycles. The Hall–Kier alpha value is -1.55. The van der Waals surface area contributed by atoms with Crippen LogP contribution in [0.15, 0.2) is 18.2 Å². The normalized spacial score (nSPS) is 11.2. The first-order chi connectivity index (χ1) is 8.81. The van der Waals surface area contributed by atoms with Crippen LogP contribution >= 0.6 is 0 Å². The van der Waals surface area contributed by atoms with E-state index in [1.165, 1.54) is 0 Å². The molecule has 4 nitrogen and oxygen atoms in total. The molecule has 106 valence electrons. The number of ether oxygens (including phenoxy) is 1. The van der Waals surface area contributed by atoms with E-state index in [4.69, 9.17) is 10.5 Å². The SMILES string of the molecule is CCCOc1cc(C)ccc1NC(=O)CC(C)(C)N. The van der Waals surface area contributed by atoms with E-state index in [0.717, 1.165) is 12.0 Å². The Morgan fingerprint density at radius 2 is 2.11 bits per heavy atom. The van der Waals surface area contributed by atoms with Gasteiger partial charge >= 0.3 is 0 Å². The van der Waals surface area contributed by atoms with Gasteiger partial charge in [-0.1, -0.05) is 13.0 Å². The lowest BCUT2D eigenvalue weighted by Gasteiger charge is -2.18. The molecular weight excluding hydrogens is 240 g/mol. The summed E-state index contributed by atoms with van der Waals surface area (Å²) in [4.78, 5) is 11.9. The highest BCUT2D eigenvalue weighted by molar-refractivity contribution is 5.93. The number of hydrogen-bond acceptors (Lipinski definition) is 3. The van der Waals surface area contributed by atoms with Gasteiger partial charge in [-0.05, 0) is 44.9 Å². The standard InChI is InChI=1S/C15H24N2O2/c1-5-8-19-13-9-11(2)6-7-12(13)17-14(18)10-15(3,4)16/h6-7,9H,5,8,10,16H2,1-4H3,(H,17,18). The highest BCUT2D eigenvalue weighted by Crippen LogP contribution is 2.26. The Balaban J connectivity index is 2.79. The summed E-state index contributed by atoms with van der Waals surface area (Å²) in [5.41, 5.74) is 7.13. The topological polar surface area (TPSA) is 64.3 Å². The van der Waals surface area contributed by atoms with E-state index < -0.39 is 5.54 Å². The lowest BCUT2D eigenvalue weighted by atomic mass is 10.0. The molecule has 4 heteroatoms. The number of nitrogens with two attached hydrogens (primary N) is 1. The molecule has 0 saturated carbocycles. The molecule has 1 amide bonds. The van der Waals surface area contributed by atoms with Crippen molar-refractivity contribution in [3.8, 4) is 5.75 Å². The number of carbonyl (C=O) groups excluding carboxylic acids is 1. The van der Waals surface area contributed by atoms with Crippen molar-refractivity contribution in [1.82, 2.24) is 0 Å². The van der Waals surface area contributed by atoms with Gasteiger partial charge < -0.3 is 15.8 Å². The lowest BCUT2D eigenvalue weighted by molar-refractivity contribution is -0.117. The maximum atomic E-state index is 11.9. The summed E-state index contributed by atoms with van der Waals surface area (Å²) in [7, 11) is 0. The highest BCUT2D eigenvalue weighted by Gasteiger charge is 2.17. The van der Waals surface area contributed by atoms with Crippen molar-refractivity contribution in [2.75, 3.05) is 11.9 Å². The zero-order chi connectivity index (χ0) is 14.5. The first-order valence-electron chi connectivity index (χ1n) is 6.64. The number of benzene rings is 1. The highest BCUT2D eigenvalue weighted by atomic mass is 16.5. The van der Waals surface area contributed by atoms with Crippen molar-refractivity contribution >= 4 is 11.6 Å². The van der Waals surface area contributed by atoms with Gasteiger partial charge in [0.2, 0.25) is 5.91 Å². The largest absolute Gasteiger partial charge is 0.491 e. The van der Waals surface area contributed by atoms with Crippen molar-refractivity contribution in [1.29, 1.82) is 0 Å². The van der Waals surface area contributed by atoms with Crippen LogP contribution in [0.5, 0.6) is 5.75 Å². The van der Waals surface area contributed by atoms with Gasteiger partial charge in [0.05, 0.1) is 12.3 Å². The predicted octanol–water partition coefficient (Wildman–Crippen LogP) is 2.85. The van der Waals surface area contributed by atoms with Crippen LogP contribution in [0.3, 0.4) is 0 Å². The maximum absolute atomic E-state index is 11.9. The molecule has 0 unspecified atom stereocenters. The number of amides is 1. The van der Waals surface area contributed by atoms with Crippen LogP contribution in [0.25, 0.3) is 0 Å². The number of hydrogen-bond donors (Lipinski definition) is 2. The molecule has 0 fully saturated rings. The van der Waals surface area contributed by atoms with Gasteiger partial charge in [-0.2, -0.15) is 0 Å². The average Bonchev–Trinajstić information content (AvgIpc) is 2.27. The van der Waals surface area contributed by atoms with Crippen molar-refractivity contribution in [2.45, 2.75) is 46.1 Å². The fourth-order valence-corrected chi connectivity index (χ4v) is 1.67. The first-order valence-corrected chi connectivity index (χ1v) is 6.64. The van der Waals surface area contributed by atoms with E-state index in [1.807, 2.05) is 45.9 Å². The molecule has 0 aromatic heterocycles. The zero-order valence-electron chi connectivity index (χ0n) is 12.2. The molecule has 3 N–H and O–H groups in total. The maximum Gasteiger partial charge on any atom is 0.226 e. The van der Waals surface area contributed by atoms with Crippen LogP contribution in [0.4, 0.5) is 5.69 Å². The quantitative estimate of drug-likeness (QED) is 0.830. The van der Waals surface area contributed by atoms with Crippen LogP contribution < -0.4 is 15.8 Å². The van der Waals surface area contributed by atoms with Crippen molar-refractivity contribution < 1.29 is 9.53 Å². The van der Waals surface area contributed by atoms with E-state index in [-0.39, 0.29) is 12.3 Å². The smallest absolute Gasteiger partial charge is 0.226 e. The molecule has 19 heavy (non-hydrogen) atoms. The Kier molecular flexibility index (Phi) is 5.36. The van der Waals surface area contributed by atoms with Crippen LogP contribution in [0.2, 0.25) is 0 Å². The van der Waals surface area contributed by atoms with E-state index in [0.29, 0.717) is 18.0 Å². The van der Waals surface area contributed by atoms with E-state index in [2.05, 4.69) is 5.32 Å². The third-order valence-corrected chi connectivity index (χ3v) is 2.49. The summed E-state index contributed by atoms with van der Waals surface area (Å²) < 4.78 is 5.65. The molecule has 1 aromatic carbocycles. The van der Waals surface area contributed by atoms with Crippen molar-refractivity contribution in [3.05, 3.63) is 23.8 Å². The van der Waals surface area contributed by atoms with Gasteiger partial charge in [0.15, 0.2) is 0 Å². The number of aryl methyl sites for hydroxylation is 1. The second-order valence-electron chi connectivity index (χ2n) is 5.56. The van der Waals surface area contributed by atoms with Gasteiger partial charge in [0.25, 0.3) is 0 Å². The second-order valence-corrected chi connectivity index (χ2v) is 5.56. The summed E-state index contributed by atoms with van der Waals surface area (Å²) in [6, 6.07) is 5.74. The summed E-state index contributed by atoms with van der Waals surface area (Å²) >= 11 is 0. The molecule has 0 bridgehead atoms. The van der Waals surface area contributed by atoms with Crippen LogP contribution in [0, 0.1) is 6.92 Å². The number of anilines is 1. The van der Waals surface area contributed by atoms with Crippen molar-refractivity contribution in [3.63, 3.8) is 0 Å². The average molecular weight is 264 g/mol. The minimum Gasteiger partial charge on any atom is -0.491 e. The zero-order valence-corrected chi connectivity index (χ0v) is 12.2. The molecule has 0 atom stereocenters. The molecule has 0 saturated heterocycles.